The van der Waals surface area contributed by atoms with Gasteiger partial charge in [0.1, 0.15) is 0 Å². The predicted octanol–water partition coefficient (Wildman–Crippen LogP) is 6.31. The van der Waals surface area contributed by atoms with E-state index in [9.17, 15) is 18.0 Å². The molecular weight excluding hydrogens is 552 g/mol. The number of alkyl carbamates (subject to hydrolysis) is 1. The summed E-state index contributed by atoms with van der Waals surface area (Å²) in [6, 6.07) is 4.88. The van der Waals surface area contributed by atoms with E-state index in [1.807, 2.05) is 20.8 Å². The first-order valence-electron chi connectivity index (χ1n) is 13.6. The van der Waals surface area contributed by atoms with Gasteiger partial charge in [-0.2, -0.15) is 0 Å². The Kier molecular flexibility index (Phi) is 10.2. The van der Waals surface area contributed by atoms with Gasteiger partial charge in [0.05, 0.1) is 32.7 Å². The van der Waals surface area contributed by atoms with Crippen LogP contribution in [0.1, 0.15) is 90.8 Å². The molecule has 1 saturated carbocycles. The van der Waals surface area contributed by atoms with Crippen molar-refractivity contribution in [1.29, 1.82) is 0 Å². The van der Waals surface area contributed by atoms with Gasteiger partial charge in [0, 0.05) is 28.7 Å². The zero-order valence-corrected chi connectivity index (χ0v) is 26.2. The van der Waals surface area contributed by atoms with E-state index in [1.54, 1.807) is 46.8 Å². The second-order valence-corrected chi connectivity index (χ2v) is 14.4. The number of amides is 2. The number of ether oxygens (including phenoxy) is 2. The second-order valence-electron chi connectivity index (χ2n) is 11.8. The fourth-order valence-corrected chi connectivity index (χ4v) is 7.57. The monoisotopic (exact) mass is 594 g/mol. The lowest BCUT2D eigenvalue weighted by atomic mass is 9.86. The minimum absolute atomic E-state index is 0.0552. The van der Waals surface area contributed by atoms with Gasteiger partial charge in [-0.15, -0.1) is 11.3 Å². The Labute approximate surface area is 241 Å². The van der Waals surface area contributed by atoms with E-state index in [0.29, 0.717) is 11.3 Å². The summed E-state index contributed by atoms with van der Waals surface area (Å²) in [6.07, 6.45) is 1.81. The summed E-state index contributed by atoms with van der Waals surface area (Å²) in [4.78, 5) is 29.8. The molecule has 0 saturated heterocycles. The summed E-state index contributed by atoms with van der Waals surface area (Å²) >= 11 is 1.49. The maximum atomic E-state index is 13.6. The third kappa shape index (κ3) is 8.90. The van der Waals surface area contributed by atoms with E-state index >= 15 is 0 Å². The van der Waals surface area contributed by atoms with Crippen molar-refractivity contribution < 1.29 is 27.5 Å². The molecule has 0 spiro atoms. The lowest BCUT2D eigenvalue weighted by Gasteiger charge is -2.28. The van der Waals surface area contributed by atoms with Gasteiger partial charge in [-0.25, -0.2) is 27.7 Å². The number of carbonyl (C=O) groups excluding carboxylic acids is 2. The number of hydrogen-bond donors (Lipinski definition) is 3. The minimum Gasteiger partial charge on any atom is -0.447 e. The highest BCUT2D eigenvalue weighted by molar-refractivity contribution is 7.89. The molecule has 0 bridgehead atoms. The van der Waals surface area contributed by atoms with Crippen molar-refractivity contribution in [3.8, 4) is 10.4 Å². The second kappa shape index (κ2) is 12.9. The number of thiazole rings is 1. The number of nitrogens with zero attached hydrogens (tertiary/aromatic N) is 1. The Balaban J connectivity index is 1.88. The van der Waals surface area contributed by atoms with E-state index in [0.717, 1.165) is 41.3 Å². The molecule has 2 amide bonds. The van der Waals surface area contributed by atoms with E-state index in [4.69, 9.17) is 14.5 Å². The van der Waals surface area contributed by atoms with Crippen LogP contribution in [0.3, 0.4) is 0 Å². The fourth-order valence-electron chi connectivity index (χ4n) is 4.57. The average Bonchev–Trinajstić information content (AvgIpc) is 3.18. The minimum atomic E-state index is -3.95. The summed E-state index contributed by atoms with van der Waals surface area (Å²) in [5.41, 5.74) is 0.867. The first kappa shape index (κ1) is 31.8. The van der Waals surface area contributed by atoms with E-state index in [-0.39, 0.29) is 35.2 Å². The van der Waals surface area contributed by atoms with E-state index in [1.165, 1.54) is 17.4 Å². The summed E-state index contributed by atoms with van der Waals surface area (Å²) < 4.78 is 40.2. The van der Waals surface area contributed by atoms with Gasteiger partial charge < -0.3 is 14.8 Å². The zero-order chi connectivity index (χ0) is 29.8. The van der Waals surface area contributed by atoms with Gasteiger partial charge >= 0.3 is 12.2 Å². The number of aryl methyl sites for hydroxylation is 1. The van der Waals surface area contributed by atoms with E-state index in [2.05, 4.69) is 15.4 Å². The molecule has 2 aromatic rings. The molecule has 0 unspecified atom stereocenters. The van der Waals surface area contributed by atoms with E-state index < -0.39 is 21.7 Å². The van der Waals surface area contributed by atoms with Crippen LogP contribution in [-0.2, 0) is 19.5 Å². The number of sulfonamides is 1. The third-order valence-corrected chi connectivity index (χ3v) is 9.25. The van der Waals surface area contributed by atoms with Crippen LogP contribution in [0.5, 0.6) is 0 Å². The maximum Gasteiger partial charge on any atom is 0.411 e. The third-order valence-electron chi connectivity index (χ3n) is 6.10. The van der Waals surface area contributed by atoms with Crippen molar-refractivity contribution in [2.75, 3.05) is 5.32 Å². The predicted molar refractivity (Wildman–Crippen MR) is 157 cm³/mol. The number of anilines is 1. The lowest BCUT2D eigenvalue weighted by molar-refractivity contribution is 0.109. The Bertz CT molecular complexity index is 1310. The number of benzene rings is 1. The van der Waals surface area contributed by atoms with Crippen molar-refractivity contribution in [2.45, 2.75) is 116 Å². The summed E-state index contributed by atoms with van der Waals surface area (Å²) in [5.74, 6) is 0.219. The summed E-state index contributed by atoms with van der Waals surface area (Å²) in [6.45, 7) is 14.3. The molecule has 222 valence electrons. The number of rotatable bonds is 8. The van der Waals surface area contributed by atoms with Crippen LogP contribution in [-0.4, -0.2) is 49.4 Å². The molecule has 12 heteroatoms. The van der Waals surface area contributed by atoms with Crippen LogP contribution >= 0.6 is 11.3 Å². The van der Waals surface area contributed by atoms with Crippen molar-refractivity contribution in [1.82, 2.24) is 15.0 Å². The number of carbonyl (C=O) groups is 2. The SMILES string of the molecule is Cc1nc([C@H]2CC[C@H](NC(=O)OC(C)C)CC2)sc1-c1ccc(NC(=O)OC(C)C)cc1S(=O)(=O)NC(C)(C)C. The molecule has 0 radical (unpaired) electrons. The Morgan fingerprint density at radius 3 is 2.17 bits per heavy atom. The maximum absolute atomic E-state index is 13.6. The lowest BCUT2D eigenvalue weighted by Crippen LogP contribution is -2.40. The Morgan fingerprint density at radius 2 is 1.60 bits per heavy atom. The molecule has 1 aromatic heterocycles. The topological polar surface area (TPSA) is 136 Å². The first-order chi connectivity index (χ1) is 18.5. The number of nitrogens with one attached hydrogen (secondary N) is 3. The van der Waals surface area contributed by atoms with Crippen molar-refractivity contribution in [3.05, 3.63) is 28.9 Å². The van der Waals surface area contributed by atoms with Crippen LogP contribution in [0, 0.1) is 6.92 Å². The normalized spacial score (nSPS) is 18.1. The van der Waals surface area contributed by atoms with Gasteiger partial charge in [0.2, 0.25) is 10.0 Å². The molecule has 10 nitrogen and oxygen atoms in total. The number of hydrogen-bond acceptors (Lipinski definition) is 8. The van der Waals surface area contributed by atoms with Crippen LogP contribution in [0.15, 0.2) is 23.1 Å². The fraction of sp³-hybridized carbons (Fsp3) is 0.607. The highest BCUT2D eigenvalue weighted by Crippen LogP contribution is 2.42. The molecule has 40 heavy (non-hydrogen) atoms. The molecule has 0 atom stereocenters. The largest absolute Gasteiger partial charge is 0.447 e. The van der Waals surface area contributed by atoms with Crippen molar-refractivity contribution in [2.24, 2.45) is 0 Å². The standard InChI is InChI=1S/C28H42N4O6S2/c1-16(2)37-26(33)30-20-11-9-19(10-12-20)25-29-18(5)24(39-25)22-14-13-21(31-27(34)38-17(3)4)15-23(22)40(35,36)32-28(6,7)8/h13-17,19-20,32H,9-12H2,1-8H3,(H,30,33)(H,31,34)/t19-,20-. The molecule has 1 aliphatic rings. The average molecular weight is 595 g/mol. The Morgan fingerprint density at radius 1 is 1.00 bits per heavy atom. The molecular formula is C28H42N4O6S2. The highest BCUT2D eigenvalue weighted by Gasteiger charge is 2.30. The van der Waals surface area contributed by atoms with Crippen molar-refractivity contribution in [3.63, 3.8) is 0 Å². The molecule has 1 aromatic carbocycles. The zero-order valence-electron chi connectivity index (χ0n) is 24.6. The van der Waals surface area contributed by atoms with Crippen LogP contribution in [0.25, 0.3) is 10.4 Å². The molecule has 3 rings (SSSR count). The van der Waals surface area contributed by atoms with Crippen LogP contribution in [0.4, 0.5) is 15.3 Å². The van der Waals surface area contributed by atoms with Gasteiger partial charge in [-0.3, -0.25) is 5.32 Å². The Hall–Kier alpha value is -2.70. The van der Waals surface area contributed by atoms with Gasteiger partial charge in [0.25, 0.3) is 0 Å². The van der Waals surface area contributed by atoms with Gasteiger partial charge in [0.15, 0.2) is 0 Å². The summed E-state index contributed by atoms with van der Waals surface area (Å²) in [7, 11) is -3.95. The molecule has 0 aliphatic heterocycles. The first-order valence-corrected chi connectivity index (χ1v) is 15.9. The number of aromatic nitrogens is 1. The quantitative estimate of drug-likeness (QED) is 0.326. The van der Waals surface area contributed by atoms with Gasteiger partial charge in [-0.1, -0.05) is 6.07 Å². The smallest absolute Gasteiger partial charge is 0.411 e. The molecule has 1 fully saturated rings. The van der Waals surface area contributed by atoms with Gasteiger partial charge in [-0.05, 0) is 93.2 Å². The molecule has 1 aliphatic carbocycles. The summed E-state index contributed by atoms with van der Waals surface area (Å²) in [5, 5.41) is 6.52. The van der Waals surface area contributed by atoms with Crippen molar-refractivity contribution >= 4 is 39.2 Å². The highest BCUT2D eigenvalue weighted by atomic mass is 32.2. The molecule has 1 heterocycles. The molecule has 3 N–H and O–H groups in total. The van der Waals surface area contributed by atoms with Crippen LogP contribution < -0.4 is 15.4 Å². The van der Waals surface area contributed by atoms with Crippen LogP contribution in [0.2, 0.25) is 0 Å².